The second-order valence-corrected chi connectivity index (χ2v) is 1.29. The third-order valence-electron chi connectivity index (χ3n) is 0.727. The van der Waals surface area contributed by atoms with Crippen LogP contribution in [-0.2, 0) is 4.89 Å². The van der Waals surface area contributed by atoms with Gasteiger partial charge in [0.15, 0.2) is 6.11 Å². The third-order valence-corrected chi connectivity index (χ3v) is 0.727. The first kappa shape index (κ1) is 7.06. The summed E-state index contributed by atoms with van der Waals surface area (Å²) in [4.78, 5) is 3.51. The van der Waals surface area contributed by atoms with E-state index in [1.165, 1.54) is 0 Å². The van der Waals surface area contributed by atoms with Gasteiger partial charge in [-0.25, -0.2) is 0 Å². The molecule has 2 nitrogen and oxygen atoms in total. The van der Waals surface area contributed by atoms with Crippen molar-refractivity contribution in [2.75, 3.05) is 0 Å². The van der Waals surface area contributed by atoms with Gasteiger partial charge < -0.3 is 0 Å². The molecule has 0 bridgehead atoms. The molecule has 0 fully saturated rings. The molecule has 0 aromatic rings. The fraction of sp³-hybridized carbons (Fsp3) is 0.333. The molecule has 0 radical (unpaired) electrons. The lowest BCUT2D eigenvalue weighted by atomic mass is 10.3. The fourth-order valence-electron chi connectivity index (χ4n) is 0.175. The molecule has 0 saturated heterocycles. The highest BCUT2D eigenvalue weighted by Gasteiger charge is 1.72. The van der Waals surface area contributed by atoms with Crippen molar-refractivity contribution < 1.29 is 10.1 Å². The van der Waals surface area contributed by atoms with Crippen molar-refractivity contribution in [2.45, 2.75) is 13.8 Å². The first-order chi connectivity index (χ1) is 3.81. The number of allylic oxidation sites excluding steroid dienone is 2. The second-order valence-electron chi connectivity index (χ2n) is 1.29. The van der Waals surface area contributed by atoms with Crippen molar-refractivity contribution in [2.24, 2.45) is 0 Å². The number of hydrogen-bond donors (Lipinski definition) is 1. The van der Waals surface area contributed by atoms with Crippen LogP contribution in [0.5, 0.6) is 0 Å². The molecule has 44 valence electrons. The van der Waals surface area contributed by atoms with Crippen LogP contribution in [0, 0.1) is 12.0 Å². The maximum atomic E-state index is 7.71. The van der Waals surface area contributed by atoms with Crippen molar-refractivity contribution in [1.82, 2.24) is 0 Å². The molecular formula is C6H8O2. The summed E-state index contributed by atoms with van der Waals surface area (Å²) in [7, 11) is 0. The van der Waals surface area contributed by atoms with Crippen LogP contribution < -0.4 is 0 Å². The predicted molar refractivity (Wildman–Crippen MR) is 30.9 cm³/mol. The Morgan fingerprint density at radius 1 is 1.75 bits per heavy atom. The van der Waals surface area contributed by atoms with Gasteiger partial charge in [-0.3, -0.25) is 4.89 Å². The van der Waals surface area contributed by atoms with E-state index in [2.05, 4.69) is 10.8 Å². The average molecular weight is 112 g/mol. The zero-order valence-electron chi connectivity index (χ0n) is 4.93. The Kier molecular flexibility index (Phi) is 3.73. The van der Waals surface area contributed by atoms with Crippen LogP contribution in [0.3, 0.4) is 0 Å². The van der Waals surface area contributed by atoms with E-state index in [9.17, 15) is 0 Å². The van der Waals surface area contributed by atoms with Gasteiger partial charge in [0.05, 0.1) is 0 Å². The summed E-state index contributed by atoms with van der Waals surface area (Å²) in [5.41, 5.74) is 0.874. The minimum absolute atomic E-state index is 0.874. The van der Waals surface area contributed by atoms with Crippen molar-refractivity contribution in [3.8, 4) is 12.0 Å². The van der Waals surface area contributed by atoms with Gasteiger partial charge in [0, 0.05) is 0 Å². The summed E-state index contributed by atoms with van der Waals surface area (Å²) in [5.74, 6) is 2.52. The summed E-state index contributed by atoms with van der Waals surface area (Å²) in [5, 5.41) is 7.71. The smallest absolute Gasteiger partial charge is 0.161 e. The third kappa shape index (κ3) is 3.26. The largest absolute Gasteiger partial charge is 0.285 e. The van der Waals surface area contributed by atoms with E-state index in [0.29, 0.717) is 0 Å². The molecule has 0 aliphatic rings. The van der Waals surface area contributed by atoms with Gasteiger partial charge in [-0.15, -0.1) is 0 Å². The van der Waals surface area contributed by atoms with Crippen molar-refractivity contribution in [1.29, 1.82) is 0 Å². The molecular weight excluding hydrogens is 104 g/mol. The lowest BCUT2D eigenvalue weighted by molar-refractivity contribution is -0.171. The topological polar surface area (TPSA) is 29.5 Å². The van der Waals surface area contributed by atoms with Crippen molar-refractivity contribution in [3.05, 3.63) is 11.6 Å². The van der Waals surface area contributed by atoms with Crippen molar-refractivity contribution >= 4 is 0 Å². The molecule has 0 aromatic heterocycles. The molecule has 2 heteroatoms. The molecule has 8 heavy (non-hydrogen) atoms. The van der Waals surface area contributed by atoms with E-state index >= 15 is 0 Å². The van der Waals surface area contributed by atoms with Gasteiger partial charge >= 0.3 is 0 Å². The zero-order valence-corrected chi connectivity index (χ0v) is 4.93. The molecule has 1 N–H and O–H groups in total. The van der Waals surface area contributed by atoms with Gasteiger partial charge in [-0.2, -0.15) is 5.26 Å². The van der Waals surface area contributed by atoms with Crippen LogP contribution in [0.15, 0.2) is 11.6 Å². The highest BCUT2D eigenvalue weighted by molar-refractivity contribution is 5.23. The molecule has 0 heterocycles. The summed E-state index contributed by atoms with van der Waals surface area (Å²) in [6.45, 7) is 3.69. The highest BCUT2D eigenvalue weighted by Crippen LogP contribution is 1.85. The minimum atomic E-state index is 0.874. The zero-order chi connectivity index (χ0) is 6.41. The van der Waals surface area contributed by atoms with Crippen LogP contribution in [0.25, 0.3) is 0 Å². The molecule has 0 amide bonds. The molecule has 0 rings (SSSR count). The Bertz CT molecular complexity index is 136. The van der Waals surface area contributed by atoms with Crippen LogP contribution in [0.2, 0.25) is 0 Å². The molecule has 0 aliphatic carbocycles. The first-order valence-corrected chi connectivity index (χ1v) is 2.25. The molecule has 0 unspecified atom stereocenters. The van der Waals surface area contributed by atoms with Gasteiger partial charge in [0.2, 0.25) is 0 Å². The van der Waals surface area contributed by atoms with Gasteiger partial charge in [-0.1, -0.05) is 6.08 Å². The Labute approximate surface area is 48.7 Å². The molecule has 0 saturated carbocycles. The lowest BCUT2D eigenvalue weighted by Gasteiger charge is -1.78. The summed E-state index contributed by atoms with van der Waals surface area (Å²) >= 11 is 0. The normalized spacial score (nSPS) is 9.62. The number of rotatable bonds is 0. The molecule has 0 atom stereocenters. The van der Waals surface area contributed by atoms with Crippen molar-refractivity contribution in [3.63, 3.8) is 0 Å². The second kappa shape index (κ2) is 4.23. The van der Waals surface area contributed by atoms with Crippen LogP contribution in [0.1, 0.15) is 13.8 Å². The maximum absolute atomic E-state index is 7.71. The summed E-state index contributed by atoms with van der Waals surface area (Å²) in [6, 6.07) is 0. The van der Waals surface area contributed by atoms with E-state index < -0.39 is 0 Å². The van der Waals surface area contributed by atoms with Gasteiger partial charge in [0.1, 0.15) is 0 Å². The Balaban J connectivity index is 3.69. The standard InChI is InChI=1S/C6H8O2/c1-3-6(2)4-5-8-7/h3,7H,1-2H3/b6-3+. The van der Waals surface area contributed by atoms with E-state index in [0.717, 1.165) is 5.57 Å². The molecule has 0 spiro atoms. The maximum Gasteiger partial charge on any atom is 0.161 e. The van der Waals surface area contributed by atoms with Crippen LogP contribution >= 0.6 is 0 Å². The predicted octanol–water partition coefficient (Wildman–Crippen LogP) is 1.40. The highest BCUT2D eigenvalue weighted by atomic mass is 17.1. The van der Waals surface area contributed by atoms with Crippen LogP contribution in [-0.4, -0.2) is 5.26 Å². The summed E-state index contributed by atoms with van der Waals surface area (Å²) < 4.78 is 0. The fourth-order valence-corrected chi connectivity index (χ4v) is 0.175. The lowest BCUT2D eigenvalue weighted by Crippen LogP contribution is -1.68. The van der Waals surface area contributed by atoms with E-state index in [1.807, 2.05) is 26.0 Å². The molecule has 0 aliphatic heterocycles. The SMILES string of the molecule is C/C=C(\C)C#COO. The van der Waals surface area contributed by atoms with Crippen LogP contribution in [0.4, 0.5) is 0 Å². The average Bonchev–Trinajstić information content (AvgIpc) is 1.83. The number of hydrogen-bond acceptors (Lipinski definition) is 2. The monoisotopic (exact) mass is 112 g/mol. The minimum Gasteiger partial charge on any atom is -0.285 e. The van der Waals surface area contributed by atoms with E-state index in [4.69, 9.17) is 5.26 Å². The van der Waals surface area contributed by atoms with E-state index in [-0.39, 0.29) is 0 Å². The summed E-state index contributed by atoms with van der Waals surface area (Å²) in [6.07, 6.45) is 3.86. The first-order valence-electron chi connectivity index (χ1n) is 2.25. The quantitative estimate of drug-likeness (QED) is 0.291. The Morgan fingerprint density at radius 3 is 2.75 bits per heavy atom. The van der Waals surface area contributed by atoms with Gasteiger partial charge in [-0.05, 0) is 25.3 Å². The Hall–Kier alpha value is -0.940. The molecule has 0 aromatic carbocycles. The van der Waals surface area contributed by atoms with Gasteiger partial charge in [0.25, 0.3) is 0 Å². The Morgan fingerprint density at radius 2 is 2.38 bits per heavy atom. The van der Waals surface area contributed by atoms with E-state index in [1.54, 1.807) is 0 Å².